The molecule has 2 amide bonds. The molecule has 3 aromatic rings. The van der Waals surface area contributed by atoms with Crippen LogP contribution in [0.15, 0.2) is 39.9 Å². The predicted molar refractivity (Wildman–Crippen MR) is 112 cm³/mol. The minimum absolute atomic E-state index is 0.163. The number of aromatic nitrogens is 3. The minimum Gasteiger partial charge on any atom is -0.385 e. The predicted octanol–water partition coefficient (Wildman–Crippen LogP) is 0.426. The van der Waals surface area contributed by atoms with Crippen LogP contribution >= 0.6 is 0 Å². The van der Waals surface area contributed by atoms with Gasteiger partial charge in [0.1, 0.15) is 11.3 Å². The zero-order valence-electron chi connectivity index (χ0n) is 17.0. The maximum absolute atomic E-state index is 13.1. The molecule has 1 aromatic carbocycles. The number of rotatable bonds is 7. The van der Waals surface area contributed by atoms with Crippen molar-refractivity contribution in [2.45, 2.75) is 13.0 Å². The van der Waals surface area contributed by atoms with Gasteiger partial charge in [0.2, 0.25) is 0 Å². The van der Waals surface area contributed by atoms with Crippen LogP contribution in [0.1, 0.15) is 27.3 Å². The summed E-state index contributed by atoms with van der Waals surface area (Å²) in [6, 6.07) is 7.81. The van der Waals surface area contributed by atoms with Gasteiger partial charge in [-0.2, -0.15) is 0 Å². The van der Waals surface area contributed by atoms with Gasteiger partial charge in [0.25, 0.3) is 17.4 Å². The number of methoxy groups -OCH3 is 1. The Balaban J connectivity index is 2.16. The van der Waals surface area contributed by atoms with Crippen LogP contribution in [0.4, 0.5) is 5.69 Å². The molecule has 2 heterocycles. The number of anilines is 1. The van der Waals surface area contributed by atoms with E-state index in [2.05, 4.69) is 5.32 Å². The maximum Gasteiger partial charge on any atom is 0.332 e. The molecule has 2 aromatic heterocycles. The van der Waals surface area contributed by atoms with Crippen molar-refractivity contribution in [2.75, 3.05) is 19.0 Å². The second kappa shape index (κ2) is 8.37. The van der Waals surface area contributed by atoms with Crippen LogP contribution < -0.4 is 22.3 Å². The number of nitrogens with two attached hydrogens (primary N) is 1. The Morgan fingerprint density at radius 2 is 1.83 bits per heavy atom. The molecule has 10 heteroatoms. The first-order valence-corrected chi connectivity index (χ1v) is 9.26. The van der Waals surface area contributed by atoms with Gasteiger partial charge in [-0.1, -0.05) is 12.1 Å². The largest absolute Gasteiger partial charge is 0.385 e. The number of aryl methyl sites for hydroxylation is 2. The molecule has 0 aliphatic rings. The second-order valence-corrected chi connectivity index (χ2v) is 6.83. The fraction of sp³-hybridized carbons (Fsp3) is 0.300. The Labute approximate surface area is 171 Å². The molecule has 0 aliphatic heterocycles. The van der Waals surface area contributed by atoms with Gasteiger partial charge in [0.15, 0.2) is 0 Å². The van der Waals surface area contributed by atoms with Gasteiger partial charge in [-0.25, -0.2) is 4.79 Å². The number of hydrogen-bond acceptors (Lipinski definition) is 5. The Kier molecular flexibility index (Phi) is 5.88. The van der Waals surface area contributed by atoms with Gasteiger partial charge in [-0.3, -0.25) is 23.5 Å². The van der Waals surface area contributed by atoms with E-state index in [1.807, 2.05) is 0 Å². The topological polar surface area (TPSA) is 130 Å². The molecule has 0 radical (unpaired) electrons. The third-order valence-electron chi connectivity index (χ3n) is 4.90. The first-order chi connectivity index (χ1) is 14.3. The lowest BCUT2D eigenvalue weighted by Crippen LogP contribution is -2.37. The number of carbonyl (C=O) groups excluding carboxylic acids is 2. The molecule has 0 fully saturated rings. The van der Waals surface area contributed by atoms with Crippen molar-refractivity contribution in [2.24, 2.45) is 19.8 Å². The third kappa shape index (κ3) is 3.64. The highest BCUT2D eigenvalue weighted by Gasteiger charge is 2.22. The maximum atomic E-state index is 13.1. The molecule has 0 saturated heterocycles. The van der Waals surface area contributed by atoms with Gasteiger partial charge >= 0.3 is 5.69 Å². The summed E-state index contributed by atoms with van der Waals surface area (Å²) in [4.78, 5) is 49.8. The van der Waals surface area contributed by atoms with Crippen LogP contribution in [-0.4, -0.2) is 39.2 Å². The van der Waals surface area contributed by atoms with E-state index in [9.17, 15) is 19.2 Å². The Morgan fingerprint density at radius 3 is 2.50 bits per heavy atom. The van der Waals surface area contributed by atoms with E-state index in [1.54, 1.807) is 36.9 Å². The van der Waals surface area contributed by atoms with E-state index >= 15 is 0 Å². The summed E-state index contributed by atoms with van der Waals surface area (Å²) in [5, 5.41) is 2.92. The summed E-state index contributed by atoms with van der Waals surface area (Å²) < 4.78 is 9.02. The van der Waals surface area contributed by atoms with Gasteiger partial charge in [0.05, 0.1) is 16.6 Å². The molecular weight excluding hydrogens is 390 g/mol. The second-order valence-electron chi connectivity index (χ2n) is 6.83. The monoisotopic (exact) mass is 413 g/mol. The van der Waals surface area contributed by atoms with Crippen LogP contribution in [0.3, 0.4) is 0 Å². The van der Waals surface area contributed by atoms with E-state index in [1.165, 1.54) is 23.7 Å². The average molecular weight is 413 g/mol. The van der Waals surface area contributed by atoms with Crippen LogP contribution in [0, 0.1) is 0 Å². The molecule has 10 nitrogen and oxygen atoms in total. The number of hydrogen-bond donors (Lipinski definition) is 2. The number of carbonyl (C=O) groups is 2. The summed E-state index contributed by atoms with van der Waals surface area (Å²) in [5.41, 5.74) is 5.33. The standard InChI is InChI=1S/C20H23N5O5/c1-23-18-13(19(28)24(2)20(23)29)11-15(25(18)9-6-10-30-3)17(27)22-14-8-5-4-7-12(14)16(21)26/h4-5,7-8,11H,6,9-10H2,1-3H3,(H2,21,26)(H,22,27). The Bertz CT molecular complexity index is 1250. The molecule has 3 rings (SSSR count). The summed E-state index contributed by atoms with van der Waals surface area (Å²) in [7, 11) is 4.49. The molecule has 158 valence electrons. The molecule has 0 spiro atoms. The summed E-state index contributed by atoms with van der Waals surface area (Å²) in [6.07, 6.45) is 0.557. The normalized spacial score (nSPS) is 11.0. The van der Waals surface area contributed by atoms with Gasteiger partial charge in [-0.15, -0.1) is 0 Å². The lowest BCUT2D eigenvalue weighted by Gasteiger charge is -2.14. The minimum atomic E-state index is -0.678. The van der Waals surface area contributed by atoms with Crippen LogP contribution in [0.2, 0.25) is 0 Å². The first-order valence-electron chi connectivity index (χ1n) is 9.26. The first kappa shape index (κ1) is 21.1. The third-order valence-corrected chi connectivity index (χ3v) is 4.90. The molecule has 0 bridgehead atoms. The highest BCUT2D eigenvalue weighted by Crippen LogP contribution is 2.20. The van der Waals surface area contributed by atoms with Crippen molar-refractivity contribution in [1.29, 1.82) is 0 Å². The molecular formula is C20H23N5O5. The van der Waals surface area contributed by atoms with Crippen molar-refractivity contribution in [3.63, 3.8) is 0 Å². The lowest BCUT2D eigenvalue weighted by molar-refractivity contribution is 0.100. The quantitative estimate of drug-likeness (QED) is 0.542. The van der Waals surface area contributed by atoms with E-state index in [4.69, 9.17) is 10.5 Å². The van der Waals surface area contributed by atoms with Crippen molar-refractivity contribution < 1.29 is 14.3 Å². The van der Waals surface area contributed by atoms with Gasteiger partial charge < -0.3 is 20.4 Å². The Hall–Kier alpha value is -3.66. The highest BCUT2D eigenvalue weighted by molar-refractivity contribution is 6.09. The summed E-state index contributed by atoms with van der Waals surface area (Å²) in [5.74, 6) is -1.21. The number of ether oxygens (including phenoxy) is 1. The average Bonchev–Trinajstić information content (AvgIpc) is 3.11. The van der Waals surface area contributed by atoms with Gasteiger partial charge in [0, 0.05) is 34.4 Å². The van der Waals surface area contributed by atoms with Crippen LogP contribution in [0.25, 0.3) is 11.0 Å². The molecule has 0 aliphatic carbocycles. The fourth-order valence-electron chi connectivity index (χ4n) is 3.42. The fourth-order valence-corrected chi connectivity index (χ4v) is 3.42. The zero-order valence-corrected chi connectivity index (χ0v) is 17.0. The van der Waals surface area contributed by atoms with E-state index < -0.39 is 23.1 Å². The molecule has 3 N–H and O–H groups in total. The number of benzene rings is 1. The number of amides is 2. The highest BCUT2D eigenvalue weighted by atomic mass is 16.5. The van der Waals surface area contributed by atoms with Crippen LogP contribution in [0.5, 0.6) is 0 Å². The van der Waals surface area contributed by atoms with Crippen molar-refractivity contribution >= 4 is 28.5 Å². The van der Waals surface area contributed by atoms with Crippen LogP contribution in [-0.2, 0) is 25.4 Å². The van der Waals surface area contributed by atoms with Gasteiger partial charge in [-0.05, 0) is 24.6 Å². The smallest absolute Gasteiger partial charge is 0.332 e. The molecule has 0 atom stereocenters. The number of fused-ring (bicyclic) bond motifs is 1. The zero-order chi connectivity index (χ0) is 22.0. The van der Waals surface area contributed by atoms with E-state index in [-0.39, 0.29) is 22.3 Å². The number of para-hydroxylation sites is 1. The lowest BCUT2D eigenvalue weighted by atomic mass is 10.1. The number of primary amides is 1. The van der Waals surface area contributed by atoms with E-state index in [0.717, 1.165) is 4.57 Å². The molecule has 0 saturated carbocycles. The SMILES string of the molecule is COCCCn1c(C(=O)Nc2ccccc2C(N)=O)cc2c(=O)n(C)c(=O)n(C)c21. The summed E-state index contributed by atoms with van der Waals surface area (Å²) >= 11 is 0. The number of nitrogens with one attached hydrogen (secondary N) is 1. The molecule has 30 heavy (non-hydrogen) atoms. The molecule has 0 unspecified atom stereocenters. The van der Waals surface area contributed by atoms with Crippen molar-refractivity contribution in [3.8, 4) is 0 Å². The van der Waals surface area contributed by atoms with E-state index in [0.29, 0.717) is 25.2 Å². The van der Waals surface area contributed by atoms with Crippen molar-refractivity contribution in [1.82, 2.24) is 13.7 Å². The Morgan fingerprint density at radius 1 is 1.13 bits per heavy atom. The number of nitrogens with zero attached hydrogens (tertiary/aromatic N) is 3. The summed E-state index contributed by atoms with van der Waals surface area (Å²) in [6.45, 7) is 0.780. The van der Waals surface area contributed by atoms with Crippen molar-refractivity contribution in [3.05, 3.63) is 62.4 Å².